The molecule has 2 aromatic heterocycles. The Balaban J connectivity index is 1.69. The molecule has 2 heterocycles. The second-order valence-electron chi connectivity index (χ2n) is 5.65. The topological polar surface area (TPSA) is 72.7 Å². The summed E-state index contributed by atoms with van der Waals surface area (Å²) in [6.45, 7) is 6.35. The van der Waals surface area contributed by atoms with Crippen LogP contribution in [0.5, 0.6) is 0 Å². The van der Waals surface area contributed by atoms with E-state index in [0.29, 0.717) is 17.5 Å². The molecule has 3 aromatic rings. The molecule has 0 saturated heterocycles. The first-order chi connectivity index (χ1) is 12.7. The van der Waals surface area contributed by atoms with Crippen molar-refractivity contribution in [2.75, 3.05) is 11.1 Å². The highest BCUT2D eigenvalue weighted by Crippen LogP contribution is 2.23. The molecular weight excluding hydrogens is 346 g/mol. The van der Waals surface area contributed by atoms with Gasteiger partial charge >= 0.3 is 0 Å². The predicted octanol–water partition coefficient (Wildman–Crippen LogP) is 3.57. The van der Waals surface area contributed by atoms with Crippen LogP contribution in [-0.2, 0) is 11.3 Å². The van der Waals surface area contributed by atoms with E-state index in [2.05, 4.69) is 27.1 Å². The normalized spacial score (nSPS) is 10.5. The molecule has 0 aliphatic carbocycles. The van der Waals surface area contributed by atoms with E-state index < -0.39 is 0 Å². The largest absolute Gasteiger partial charge is 0.325 e. The minimum atomic E-state index is -0.0880. The third-order valence-electron chi connectivity index (χ3n) is 3.62. The Hall–Kier alpha value is -2.93. The summed E-state index contributed by atoms with van der Waals surface area (Å²) in [5.41, 5.74) is 2.81. The highest BCUT2D eigenvalue weighted by atomic mass is 32.2. The van der Waals surface area contributed by atoms with Gasteiger partial charge in [-0.05, 0) is 31.2 Å². The van der Waals surface area contributed by atoms with Crippen molar-refractivity contribution >= 4 is 23.4 Å². The summed E-state index contributed by atoms with van der Waals surface area (Å²) in [6, 6.07) is 11.5. The van der Waals surface area contributed by atoms with Crippen molar-refractivity contribution in [3.8, 4) is 11.4 Å². The van der Waals surface area contributed by atoms with Gasteiger partial charge in [0.1, 0.15) is 0 Å². The van der Waals surface area contributed by atoms with E-state index >= 15 is 0 Å². The third kappa shape index (κ3) is 4.37. The summed E-state index contributed by atoms with van der Waals surface area (Å²) in [5.74, 6) is 0.866. The highest BCUT2D eigenvalue weighted by molar-refractivity contribution is 7.99. The molecule has 0 fully saturated rings. The Bertz CT molecular complexity index is 890. The lowest BCUT2D eigenvalue weighted by Crippen LogP contribution is -2.14. The molecule has 0 radical (unpaired) electrons. The molecule has 0 unspecified atom stereocenters. The van der Waals surface area contributed by atoms with Crippen molar-refractivity contribution in [2.24, 2.45) is 0 Å². The number of aromatic nitrogens is 4. The van der Waals surface area contributed by atoms with Gasteiger partial charge < -0.3 is 5.32 Å². The number of nitrogens with zero attached hydrogens (tertiary/aromatic N) is 4. The maximum absolute atomic E-state index is 12.2. The Morgan fingerprint density at radius 3 is 2.77 bits per heavy atom. The van der Waals surface area contributed by atoms with Gasteiger partial charge in [-0.25, -0.2) is 0 Å². The number of amides is 1. The fraction of sp³-hybridized carbons (Fsp3) is 0.158. The predicted molar refractivity (Wildman–Crippen MR) is 104 cm³/mol. The van der Waals surface area contributed by atoms with Crippen molar-refractivity contribution in [2.45, 2.75) is 18.6 Å². The van der Waals surface area contributed by atoms with Crippen molar-refractivity contribution in [3.63, 3.8) is 0 Å². The Kier molecular flexibility index (Phi) is 5.80. The lowest BCUT2D eigenvalue weighted by molar-refractivity contribution is -0.113. The number of carbonyl (C=O) groups excluding carboxylic acids is 1. The smallest absolute Gasteiger partial charge is 0.234 e. The van der Waals surface area contributed by atoms with Crippen LogP contribution in [0.25, 0.3) is 11.4 Å². The lowest BCUT2D eigenvalue weighted by atomic mass is 10.2. The second kappa shape index (κ2) is 8.44. The van der Waals surface area contributed by atoms with Gasteiger partial charge in [-0.2, -0.15) is 0 Å². The molecule has 1 aromatic carbocycles. The number of nitrogens with one attached hydrogen (secondary N) is 1. The summed E-state index contributed by atoms with van der Waals surface area (Å²) in [4.78, 5) is 16.3. The van der Waals surface area contributed by atoms with E-state index in [1.54, 1.807) is 18.5 Å². The molecule has 0 bridgehead atoms. The first-order valence-corrected chi connectivity index (χ1v) is 9.10. The van der Waals surface area contributed by atoms with Gasteiger partial charge in [-0.15, -0.1) is 16.8 Å². The fourth-order valence-corrected chi connectivity index (χ4v) is 3.11. The maximum Gasteiger partial charge on any atom is 0.234 e. The standard InChI is InChI=1S/C19H19N5OS/c1-3-11-24-18(15-5-4-10-20-12-15)22-23-19(24)26-13-17(25)21-16-8-6-14(2)7-9-16/h3-10,12H,1,11,13H2,2H3,(H,21,25). The first-order valence-electron chi connectivity index (χ1n) is 8.11. The zero-order chi connectivity index (χ0) is 18.4. The third-order valence-corrected chi connectivity index (χ3v) is 4.58. The maximum atomic E-state index is 12.2. The molecule has 0 saturated carbocycles. The zero-order valence-electron chi connectivity index (χ0n) is 14.4. The van der Waals surface area contributed by atoms with Gasteiger partial charge in [-0.1, -0.05) is 35.5 Å². The lowest BCUT2D eigenvalue weighted by Gasteiger charge is -2.08. The number of hydrogen-bond donors (Lipinski definition) is 1. The zero-order valence-corrected chi connectivity index (χ0v) is 15.2. The Morgan fingerprint density at radius 2 is 2.08 bits per heavy atom. The summed E-state index contributed by atoms with van der Waals surface area (Å²) < 4.78 is 1.92. The van der Waals surface area contributed by atoms with Gasteiger partial charge in [-0.3, -0.25) is 14.3 Å². The Labute approximate surface area is 156 Å². The molecule has 0 aliphatic rings. The molecule has 1 amide bonds. The molecule has 132 valence electrons. The monoisotopic (exact) mass is 365 g/mol. The summed E-state index contributed by atoms with van der Waals surface area (Å²) in [5, 5.41) is 12.0. The summed E-state index contributed by atoms with van der Waals surface area (Å²) in [6.07, 6.45) is 5.23. The number of carbonyl (C=O) groups is 1. The SMILES string of the molecule is C=CCn1c(SCC(=O)Nc2ccc(C)cc2)nnc1-c1cccnc1. The molecule has 0 spiro atoms. The van der Waals surface area contributed by atoms with Crippen LogP contribution in [0.2, 0.25) is 0 Å². The van der Waals surface area contributed by atoms with Crippen LogP contribution >= 0.6 is 11.8 Å². The molecule has 0 atom stereocenters. The van der Waals surface area contributed by atoms with E-state index in [1.165, 1.54) is 11.8 Å². The number of thioether (sulfide) groups is 1. The van der Waals surface area contributed by atoms with Crippen LogP contribution in [0.3, 0.4) is 0 Å². The number of rotatable bonds is 7. The number of allylic oxidation sites excluding steroid dienone is 1. The number of pyridine rings is 1. The van der Waals surface area contributed by atoms with Crippen molar-refractivity contribution < 1.29 is 4.79 Å². The molecule has 3 rings (SSSR count). The summed E-state index contributed by atoms with van der Waals surface area (Å²) in [7, 11) is 0. The van der Waals surface area contributed by atoms with Crippen molar-refractivity contribution in [1.82, 2.24) is 19.7 Å². The number of aryl methyl sites for hydroxylation is 1. The molecule has 7 heteroatoms. The molecular formula is C19H19N5OS. The quantitative estimate of drug-likeness (QED) is 0.512. The van der Waals surface area contributed by atoms with Gasteiger partial charge in [0.2, 0.25) is 5.91 Å². The van der Waals surface area contributed by atoms with Crippen molar-refractivity contribution in [1.29, 1.82) is 0 Å². The number of hydrogen-bond acceptors (Lipinski definition) is 5. The molecule has 1 N–H and O–H groups in total. The van der Waals surface area contributed by atoms with Crippen LogP contribution in [0, 0.1) is 6.92 Å². The first kappa shape index (κ1) is 17.9. The van der Waals surface area contributed by atoms with Crippen molar-refractivity contribution in [3.05, 3.63) is 67.0 Å². The van der Waals surface area contributed by atoms with Crippen LogP contribution in [-0.4, -0.2) is 31.4 Å². The van der Waals surface area contributed by atoms with Crippen LogP contribution in [0.4, 0.5) is 5.69 Å². The van der Waals surface area contributed by atoms with Crippen LogP contribution in [0.15, 0.2) is 66.6 Å². The Morgan fingerprint density at radius 1 is 1.27 bits per heavy atom. The molecule has 26 heavy (non-hydrogen) atoms. The van der Waals surface area contributed by atoms with Gasteiger partial charge in [0.15, 0.2) is 11.0 Å². The van der Waals surface area contributed by atoms with Crippen LogP contribution < -0.4 is 5.32 Å². The van der Waals surface area contributed by atoms with Gasteiger partial charge in [0.05, 0.1) is 5.75 Å². The van der Waals surface area contributed by atoms with E-state index in [1.807, 2.05) is 47.9 Å². The minimum absolute atomic E-state index is 0.0880. The molecule has 0 aliphatic heterocycles. The average Bonchev–Trinajstić information content (AvgIpc) is 3.06. The van der Waals surface area contributed by atoms with E-state index in [4.69, 9.17) is 0 Å². The highest BCUT2D eigenvalue weighted by Gasteiger charge is 2.15. The van der Waals surface area contributed by atoms with Gasteiger partial charge in [0.25, 0.3) is 0 Å². The minimum Gasteiger partial charge on any atom is -0.325 e. The fourth-order valence-electron chi connectivity index (χ4n) is 2.36. The number of benzene rings is 1. The van der Waals surface area contributed by atoms with E-state index in [-0.39, 0.29) is 11.7 Å². The molecule has 6 nitrogen and oxygen atoms in total. The van der Waals surface area contributed by atoms with Crippen LogP contribution in [0.1, 0.15) is 5.56 Å². The van der Waals surface area contributed by atoms with E-state index in [9.17, 15) is 4.79 Å². The average molecular weight is 365 g/mol. The van der Waals surface area contributed by atoms with E-state index in [0.717, 1.165) is 16.8 Å². The number of anilines is 1. The summed E-state index contributed by atoms with van der Waals surface area (Å²) >= 11 is 1.34. The van der Waals surface area contributed by atoms with Gasteiger partial charge in [0, 0.05) is 30.2 Å². The second-order valence-corrected chi connectivity index (χ2v) is 6.59.